The number of pyridine rings is 2. The fourth-order valence-corrected chi connectivity index (χ4v) is 4.89. The second-order valence-corrected chi connectivity index (χ2v) is 9.35. The van der Waals surface area contributed by atoms with Gasteiger partial charge in [-0.05, 0) is 71.1 Å². The zero-order valence-corrected chi connectivity index (χ0v) is 21.3. The third-order valence-electron chi connectivity index (χ3n) is 6.90. The lowest BCUT2D eigenvalue weighted by atomic mass is 10.0. The molecule has 7 heteroatoms. The molecule has 0 atom stereocenters. The van der Waals surface area contributed by atoms with Crippen LogP contribution in [0.3, 0.4) is 0 Å². The molecule has 0 saturated carbocycles. The Morgan fingerprint density at radius 3 is 2.62 bits per heavy atom. The van der Waals surface area contributed by atoms with Crippen molar-refractivity contribution in [3.8, 4) is 23.5 Å². The summed E-state index contributed by atoms with van der Waals surface area (Å²) in [5, 5.41) is 7.33. The quantitative estimate of drug-likeness (QED) is 0.313. The van der Waals surface area contributed by atoms with Crippen molar-refractivity contribution in [1.82, 2.24) is 24.8 Å². The van der Waals surface area contributed by atoms with Crippen LogP contribution in [0.2, 0.25) is 0 Å². The summed E-state index contributed by atoms with van der Waals surface area (Å²) in [5.41, 5.74) is 6.95. The van der Waals surface area contributed by atoms with Gasteiger partial charge in [0.2, 0.25) is 5.95 Å². The maximum Gasteiger partial charge on any atom is 0.268 e. The third-order valence-corrected chi connectivity index (χ3v) is 6.90. The zero-order chi connectivity index (χ0) is 26.6. The molecule has 3 aromatic heterocycles. The van der Waals surface area contributed by atoms with Crippen LogP contribution in [-0.2, 0) is 6.54 Å². The summed E-state index contributed by atoms with van der Waals surface area (Å²) in [6.45, 7) is 2.20. The van der Waals surface area contributed by atoms with Gasteiger partial charge in [-0.15, -0.1) is 6.42 Å². The van der Waals surface area contributed by atoms with E-state index < -0.39 is 0 Å². The number of benzene rings is 2. The number of nitrogens with zero attached hydrogens (tertiary/aromatic N) is 4. The number of fused-ring (bicyclic) bond motifs is 1. The van der Waals surface area contributed by atoms with E-state index >= 15 is 0 Å². The van der Waals surface area contributed by atoms with Crippen LogP contribution in [0.5, 0.6) is 0 Å². The van der Waals surface area contributed by atoms with E-state index in [1.54, 1.807) is 29.2 Å². The highest BCUT2D eigenvalue weighted by atomic mass is 16.1. The van der Waals surface area contributed by atoms with E-state index in [2.05, 4.69) is 44.7 Å². The monoisotopic (exact) mass is 510 g/mol. The molecule has 6 rings (SSSR count). The van der Waals surface area contributed by atoms with Crippen LogP contribution in [-0.4, -0.2) is 32.6 Å². The fourth-order valence-electron chi connectivity index (χ4n) is 4.89. The summed E-state index contributed by atoms with van der Waals surface area (Å²) in [5.74, 6) is 2.93. The van der Waals surface area contributed by atoms with Crippen molar-refractivity contribution >= 4 is 28.2 Å². The smallest absolute Gasteiger partial charge is 0.268 e. The number of nitrogens with one attached hydrogen (secondary N) is 2. The van der Waals surface area contributed by atoms with Crippen LogP contribution in [0.15, 0.2) is 96.2 Å². The molecule has 2 aromatic carbocycles. The van der Waals surface area contributed by atoms with Gasteiger partial charge in [-0.3, -0.25) is 14.3 Å². The summed E-state index contributed by atoms with van der Waals surface area (Å²) in [6, 6.07) is 21.8. The molecule has 0 unspecified atom stereocenters. The summed E-state index contributed by atoms with van der Waals surface area (Å²) in [4.78, 5) is 26.8. The molecule has 5 aromatic rings. The Morgan fingerprint density at radius 1 is 1.03 bits per heavy atom. The number of anilines is 2. The van der Waals surface area contributed by atoms with Crippen molar-refractivity contribution in [3.05, 3.63) is 118 Å². The fraction of sp³-hybridized carbons (Fsp3) is 0.125. The van der Waals surface area contributed by atoms with E-state index in [-0.39, 0.29) is 11.1 Å². The summed E-state index contributed by atoms with van der Waals surface area (Å²) in [7, 11) is 0. The number of rotatable bonds is 6. The average Bonchev–Trinajstić information content (AvgIpc) is 3.00. The Bertz CT molecular complexity index is 1780. The summed E-state index contributed by atoms with van der Waals surface area (Å²) in [6.07, 6.45) is 14.2. The highest BCUT2D eigenvalue weighted by Gasteiger charge is 2.14. The Balaban J connectivity index is 1.37. The van der Waals surface area contributed by atoms with Crippen molar-refractivity contribution < 1.29 is 0 Å². The molecule has 1 aliphatic rings. The van der Waals surface area contributed by atoms with E-state index in [4.69, 9.17) is 11.4 Å². The largest absolute Gasteiger partial charge is 0.324 e. The van der Waals surface area contributed by atoms with Crippen molar-refractivity contribution in [1.29, 1.82) is 0 Å². The maximum absolute atomic E-state index is 13.4. The first-order valence-corrected chi connectivity index (χ1v) is 12.8. The molecule has 0 bridgehead atoms. The number of aromatic nitrogens is 4. The molecule has 1 aliphatic heterocycles. The van der Waals surface area contributed by atoms with Gasteiger partial charge in [0, 0.05) is 36.2 Å². The lowest BCUT2D eigenvalue weighted by Crippen LogP contribution is -2.24. The molecule has 0 fully saturated rings. The maximum atomic E-state index is 13.4. The zero-order valence-electron chi connectivity index (χ0n) is 21.3. The van der Waals surface area contributed by atoms with E-state index in [1.807, 2.05) is 48.5 Å². The van der Waals surface area contributed by atoms with Gasteiger partial charge in [0.05, 0.1) is 12.1 Å². The molecular formula is C32H26N6O. The molecule has 2 N–H and O–H groups in total. The lowest BCUT2D eigenvalue weighted by molar-refractivity contribution is 0.738. The Labute approximate surface area is 226 Å². The highest BCUT2D eigenvalue weighted by molar-refractivity contribution is 5.78. The van der Waals surface area contributed by atoms with Crippen LogP contribution in [0.4, 0.5) is 11.6 Å². The predicted octanol–water partition coefficient (Wildman–Crippen LogP) is 5.00. The summed E-state index contributed by atoms with van der Waals surface area (Å²) >= 11 is 0. The second-order valence-electron chi connectivity index (χ2n) is 9.35. The SMILES string of the molecule is C#Cc1cc2cnc(Nc3ccc(C4=CCNCC4)cc3)nc2n(Cc2ccccc2-c2ccncc2)c1=O. The summed E-state index contributed by atoms with van der Waals surface area (Å²) < 4.78 is 1.63. The average molecular weight is 511 g/mol. The van der Waals surface area contributed by atoms with Crippen LogP contribution >= 0.6 is 0 Å². The Hall–Kier alpha value is -5.06. The second kappa shape index (κ2) is 10.7. The first-order chi connectivity index (χ1) is 19.2. The molecule has 0 spiro atoms. The van der Waals surface area contributed by atoms with Gasteiger partial charge in [0.1, 0.15) is 5.65 Å². The lowest BCUT2D eigenvalue weighted by Gasteiger charge is -2.15. The molecule has 0 saturated heterocycles. The van der Waals surface area contributed by atoms with Gasteiger partial charge in [0.15, 0.2) is 0 Å². The minimum atomic E-state index is -0.265. The molecular weight excluding hydrogens is 484 g/mol. The van der Waals surface area contributed by atoms with Crippen molar-refractivity contribution in [2.75, 3.05) is 18.4 Å². The standard InChI is InChI=1S/C32H26N6O/c1-2-22-19-27-20-35-32(36-28-9-7-23(8-10-28)24-11-15-33-16-12-24)37-30(27)38(31(22)39)21-26-5-3-4-6-29(26)25-13-17-34-18-14-25/h1,3-11,13-14,17-20,33H,12,15-16,21H2,(H,35,36,37). The van der Waals surface area contributed by atoms with Crippen LogP contribution in [0, 0.1) is 12.3 Å². The van der Waals surface area contributed by atoms with Crippen molar-refractivity contribution in [3.63, 3.8) is 0 Å². The van der Waals surface area contributed by atoms with E-state index in [0.717, 1.165) is 41.9 Å². The van der Waals surface area contributed by atoms with Gasteiger partial charge >= 0.3 is 0 Å². The van der Waals surface area contributed by atoms with E-state index in [0.29, 0.717) is 23.5 Å². The molecule has 0 aliphatic carbocycles. The number of terminal acetylenes is 1. The van der Waals surface area contributed by atoms with E-state index in [1.165, 1.54) is 11.1 Å². The Kier molecular flexibility index (Phi) is 6.69. The molecule has 4 heterocycles. The van der Waals surface area contributed by atoms with E-state index in [9.17, 15) is 4.79 Å². The molecule has 190 valence electrons. The number of hydrogen-bond acceptors (Lipinski definition) is 6. The van der Waals surface area contributed by atoms with Crippen molar-refractivity contribution in [2.24, 2.45) is 0 Å². The van der Waals surface area contributed by atoms with Crippen LogP contribution in [0.25, 0.3) is 27.7 Å². The molecule has 0 radical (unpaired) electrons. The first-order valence-electron chi connectivity index (χ1n) is 12.8. The molecule has 0 amide bonds. The normalized spacial score (nSPS) is 13.1. The van der Waals surface area contributed by atoms with Gasteiger partial charge in [-0.25, -0.2) is 4.98 Å². The van der Waals surface area contributed by atoms with Crippen LogP contribution < -0.4 is 16.2 Å². The minimum Gasteiger partial charge on any atom is -0.324 e. The number of hydrogen-bond donors (Lipinski definition) is 2. The minimum absolute atomic E-state index is 0.265. The first kappa shape index (κ1) is 24.3. The van der Waals surface area contributed by atoms with Gasteiger partial charge in [-0.2, -0.15) is 4.98 Å². The third kappa shape index (κ3) is 5.06. The van der Waals surface area contributed by atoms with Crippen molar-refractivity contribution in [2.45, 2.75) is 13.0 Å². The van der Waals surface area contributed by atoms with Gasteiger partial charge in [-0.1, -0.05) is 48.4 Å². The topological polar surface area (TPSA) is 84.7 Å². The molecule has 39 heavy (non-hydrogen) atoms. The Morgan fingerprint density at radius 2 is 1.85 bits per heavy atom. The molecule has 7 nitrogen and oxygen atoms in total. The van der Waals surface area contributed by atoms with Gasteiger partial charge in [0.25, 0.3) is 5.56 Å². The highest BCUT2D eigenvalue weighted by Crippen LogP contribution is 2.26. The van der Waals surface area contributed by atoms with Gasteiger partial charge < -0.3 is 10.6 Å². The predicted molar refractivity (Wildman–Crippen MR) is 156 cm³/mol. The van der Waals surface area contributed by atoms with Crippen LogP contribution in [0.1, 0.15) is 23.1 Å².